The van der Waals surface area contributed by atoms with Gasteiger partial charge < -0.3 is 5.32 Å². The molecule has 1 aromatic carbocycles. The van der Waals surface area contributed by atoms with Crippen LogP contribution in [0.4, 0.5) is 0 Å². The summed E-state index contributed by atoms with van der Waals surface area (Å²) >= 11 is 2.18. The molecule has 0 saturated carbocycles. The third-order valence-electron chi connectivity index (χ3n) is 4.02. The molecule has 1 fully saturated rings. The van der Waals surface area contributed by atoms with Gasteiger partial charge in [-0.05, 0) is 56.0 Å². The van der Waals surface area contributed by atoms with Crippen molar-refractivity contribution in [3.8, 4) is 0 Å². The van der Waals surface area contributed by atoms with Gasteiger partial charge in [-0.25, -0.2) is 0 Å². The lowest BCUT2D eigenvalue weighted by molar-refractivity contribution is 0.461. The molecule has 19 heavy (non-hydrogen) atoms. The summed E-state index contributed by atoms with van der Waals surface area (Å²) in [5.41, 5.74) is 2.95. The Hall–Kier alpha value is -0.470. The highest BCUT2D eigenvalue weighted by Crippen LogP contribution is 2.29. The number of benzene rings is 1. The second-order valence-corrected chi connectivity index (χ2v) is 6.94. The monoisotopic (exact) mass is 277 g/mol. The first-order chi connectivity index (χ1) is 9.31. The van der Waals surface area contributed by atoms with E-state index in [1.165, 1.54) is 49.0 Å². The molecule has 0 bridgehead atoms. The normalized spacial score (nSPS) is 21.3. The van der Waals surface area contributed by atoms with E-state index in [2.05, 4.69) is 55.2 Å². The van der Waals surface area contributed by atoms with Crippen LogP contribution in [0.3, 0.4) is 0 Å². The van der Waals surface area contributed by atoms with Crippen molar-refractivity contribution in [2.24, 2.45) is 0 Å². The zero-order chi connectivity index (χ0) is 13.5. The van der Waals surface area contributed by atoms with Gasteiger partial charge in [0, 0.05) is 11.3 Å². The largest absolute Gasteiger partial charge is 0.313 e. The average molecular weight is 277 g/mol. The molecule has 0 aromatic heterocycles. The Morgan fingerprint density at radius 1 is 1.32 bits per heavy atom. The molecule has 1 heterocycles. The van der Waals surface area contributed by atoms with Gasteiger partial charge in [0.15, 0.2) is 0 Å². The van der Waals surface area contributed by atoms with Crippen LogP contribution in [0.25, 0.3) is 0 Å². The topological polar surface area (TPSA) is 12.0 Å². The minimum absolute atomic E-state index is 0.645. The summed E-state index contributed by atoms with van der Waals surface area (Å²) in [6.45, 7) is 5.64. The van der Waals surface area contributed by atoms with E-state index in [0.717, 1.165) is 11.8 Å². The lowest BCUT2D eigenvalue weighted by atomic mass is 9.96. The number of aryl methyl sites for hydroxylation is 1. The highest BCUT2D eigenvalue weighted by Gasteiger charge is 2.24. The van der Waals surface area contributed by atoms with Crippen molar-refractivity contribution in [1.82, 2.24) is 5.32 Å². The summed E-state index contributed by atoms with van der Waals surface area (Å²) in [7, 11) is 0. The number of rotatable bonds is 6. The van der Waals surface area contributed by atoms with Crippen LogP contribution in [0.2, 0.25) is 0 Å². The molecule has 0 radical (unpaired) electrons. The van der Waals surface area contributed by atoms with Crippen molar-refractivity contribution in [3.05, 3.63) is 35.4 Å². The zero-order valence-electron chi connectivity index (χ0n) is 12.3. The Balaban J connectivity index is 2.02. The Kier molecular flexibility index (Phi) is 6.25. The minimum Gasteiger partial charge on any atom is -0.313 e. The van der Waals surface area contributed by atoms with E-state index in [9.17, 15) is 0 Å². The lowest BCUT2D eigenvalue weighted by Crippen LogP contribution is -2.41. The van der Waals surface area contributed by atoms with Crippen LogP contribution in [0.15, 0.2) is 24.3 Å². The molecular formula is C17H27NS. The van der Waals surface area contributed by atoms with Gasteiger partial charge in [-0.3, -0.25) is 0 Å². The van der Waals surface area contributed by atoms with Crippen LogP contribution in [0, 0.1) is 6.92 Å². The molecule has 1 aliphatic heterocycles. The molecule has 1 saturated heterocycles. The molecule has 1 aromatic rings. The summed E-state index contributed by atoms with van der Waals surface area (Å²) in [5.74, 6) is 1.35. The molecule has 2 rings (SSSR count). The lowest BCUT2D eigenvalue weighted by Gasteiger charge is -2.31. The molecule has 2 atom stereocenters. The molecule has 2 heteroatoms. The standard InChI is InChI=1S/C17H27NS/c1-3-11-18-16(17-10-6-7-12-19-17)13-15-9-5-4-8-14(15)2/h4-5,8-9,16-18H,3,6-7,10-13H2,1-2H3. The quantitative estimate of drug-likeness (QED) is 0.836. The highest BCUT2D eigenvalue weighted by molar-refractivity contribution is 8.00. The number of nitrogens with one attached hydrogen (secondary N) is 1. The van der Waals surface area contributed by atoms with Crippen molar-refractivity contribution in [2.45, 2.75) is 57.2 Å². The zero-order valence-corrected chi connectivity index (χ0v) is 13.1. The van der Waals surface area contributed by atoms with E-state index in [1.807, 2.05) is 0 Å². The summed E-state index contributed by atoms with van der Waals surface area (Å²) in [4.78, 5) is 0. The second-order valence-electron chi connectivity index (χ2n) is 5.60. The van der Waals surface area contributed by atoms with E-state index in [0.29, 0.717) is 6.04 Å². The predicted octanol–water partition coefficient (Wildman–Crippen LogP) is 4.19. The van der Waals surface area contributed by atoms with Crippen LogP contribution < -0.4 is 5.32 Å². The fourth-order valence-corrected chi connectivity index (χ4v) is 4.26. The molecule has 0 amide bonds. The van der Waals surface area contributed by atoms with Crippen LogP contribution >= 0.6 is 11.8 Å². The molecule has 0 spiro atoms. The number of hydrogen-bond acceptors (Lipinski definition) is 2. The van der Waals surface area contributed by atoms with Crippen LogP contribution in [-0.4, -0.2) is 23.6 Å². The SMILES string of the molecule is CCCNC(Cc1ccccc1C)C1CCCCS1. The summed E-state index contributed by atoms with van der Waals surface area (Å²) < 4.78 is 0. The number of thioether (sulfide) groups is 1. The van der Waals surface area contributed by atoms with E-state index >= 15 is 0 Å². The van der Waals surface area contributed by atoms with Gasteiger partial charge in [-0.1, -0.05) is 37.6 Å². The van der Waals surface area contributed by atoms with Gasteiger partial charge in [0.1, 0.15) is 0 Å². The molecule has 1 nitrogen and oxygen atoms in total. The average Bonchev–Trinajstić information content (AvgIpc) is 2.46. The highest BCUT2D eigenvalue weighted by atomic mass is 32.2. The summed E-state index contributed by atoms with van der Waals surface area (Å²) in [5, 5.41) is 4.60. The fourth-order valence-electron chi connectivity index (χ4n) is 2.82. The first-order valence-corrected chi connectivity index (χ1v) is 8.75. The Labute approximate surface area is 122 Å². The minimum atomic E-state index is 0.645. The second kappa shape index (κ2) is 7.96. The van der Waals surface area contributed by atoms with Gasteiger partial charge >= 0.3 is 0 Å². The third kappa shape index (κ3) is 4.54. The van der Waals surface area contributed by atoms with Gasteiger partial charge in [-0.2, -0.15) is 11.8 Å². The maximum Gasteiger partial charge on any atom is 0.0226 e. The van der Waals surface area contributed by atoms with Crippen molar-refractivity contribution in [1.29, 1.82) is 0 Å². The number of hydrogen-bond donors (Lipinski definition) is 1. The Bertz CT molecular complexity index is 371. The van der Waals surface area contributed by atoms with E-state index in [-0.39, 0.29) is 0 Å². The van der Waals surface area contributed by atoms with Crippen LogP contribution in [0.1, 0.15) is 43.7 Å². The molecule has 0 aliphatic carbocycles. The van der Waals surface area contributed by atoms with E-state index in [4.69, 9.17) is 0 Å². The predicted molar refractivity (Wildman–Crippen MR) is 87.1 cm³/mol. The van der Waals surface area contributed by atoms with Gasteiger partial charge in [0.2, 0.25) is 0 Å². The van der Waals surface area contributed by atoms with Crippen LogP contribution in [-0.2, 0) is 6.42 Å². The molecule has 1 N–H and O–H groups in total. The van der Waals surface area contributed by atoms with Crippen molar-refractivity contribution in [2.75, 3.05) is 12.3 Å². The fraction of sp³-hybridized carbons (Fsp3) is 0.647. The van der Waals surface area contributed by atoms with E-state index in [1.54, 1.807) is 0 Å². The Morgan fingerprint density at radius 2 is 2.16 bits per heavy atom. The molecule has 2 unspecified atom stereocenters. The third-order valence-corrected chi connectivity index (χ3v) is 5.54. The molecular weight excluding hydrogens is 250 g/mol. The van der Waals surface area contributed by atoms with Crippen molar-refractivity contribution < 1.29 is 0 Å². The molecule has 106 valence electrons. The maximum atomic E-state index is 3.79. The first kappa shape index (κ1) is 14.9. The first-order valence-electron chi connectivity index (χ1n) is 7.70. The van der Waals surface area contributed by atoms with Crippen LogP contribution in [0.5, 0.6) is 0 Å². The smallest absolute Gasteiger partial charge is 0.0226 e. The van der Waals surface area contributed by atoms with Gasteiger partial charge in [0.25, 0.3) is 0 Å². The summed E-state index contributed by atoms with van der Waals surface area (Å²) in [6.07, 6.45) is 6.62. The molecule has 1 aliphatic rings. The van der Waals surface area contributed by atoms with Gasteiger partial charge in [-0.15, -0.1) is 0 Å². The van der Waals surface area contributed by atoms with E-state index < -0.39 is 0 Å². The van der Waals surface area contributed by atoms with Gasteiger partial charge in [0.05, 0.1) is 0 Å². The maximum absolute atomic E-state index is 3.79. The van der Waals surface area contributed by atoms with Crippen molar-refractivity contribution in [3.63, 3.8) is 0 Å². The summed E-state index contributed by atoms with van der Waals surface area (Å²) in [6, 6.07) is 9.49. The Morgan fingerprint density at radius 3 is 2.84 bits per heavy atom. The van der Waals surface area contributed by atoms with Crippen molar-refractivity contribution >= 4 is 11.8 Å².